The number of rotatable bonds is 7. The molecule has 0 rings (SSSR count). The molecular weight excluding hydrogens is 196 g/mol. The molecule has 0 fully saturated rings. The lowest BCUT2D eigenvalue weighted by Crippen LogP contribution is -2.24. The van der Waals surface area contributed by atoms with Crippen LogP contribution in [0.4, 0.5) is 0 Å². The molecule has 0 aliphatic heterocycles. The molecule has 0 heterocycles. The largest absolute Gasteiger partial charge is 0.271 e. The van der Waals surface area contributed by atoms with Crippen molar-refractivity contribution in [1.82, 2.24) is 5.43 Å². The van der Waals surface area contributed by atoms with Crippen LogP contribution in [-0.4, -0.2) is 31.6 Å². The molecule has 0 aromatic heterocycles. The van der Waals surface area contributed by atoms with Crippen LogP contribution in [0.25, 0.3) is 0 Å². The Morgan fingerprint density at radius 2 is 2.17 bits per heavy atom. The molecule has 0 saturated carbocycles. The summed E-state index contributed by atoms with van der Waals surface area (Å²) < 4.78 is 22.2. The van der Waals surface area contributed by atoms with Crippen molar-refractivity contribution in [3.8, 4) is 0 Å². The van der Waals surface area contributed by atoms with Gasteiger partial charge in [0.2, 0.25) is 0 Å². The molecule has 0 atom stereocenters. The van der Waals surface area contributed by atoms with Gasteiger partial charge < -0.3 is 0 Å². The first-order valence-electron chi connectivity index (χ1n) is 3.84. The number of sulfone groups is 1. The minimum Gasteiger partial charge on any atom is -0.271 e. The summed E-state index contributed by atoms with van der Waals surface area (Å²) in [5.41, 5.74) is 2.47. The second kappa shape index (κ2) is 6.71. The monoisotopic (exact) mass is 212 g/mol. The molecule has 0 radical (unpaired) electrons. The van der Waals surface area contributed by atoms with Crippen LogP contribution in [0.2, 0.25) is 0 Å². The van der Waals surface area contributed by atoms with Gasteiger partial charge in [-0.1, -0.05) is 6.92 Å². The lowest BCUT2D eigenvalue weighted by atomic mass is 10.6. The van der Waals surface area contributed by atoms with E-state index in [1.165, 1.54) is 11.8 Å². The first kappa shape index (κ1) is 12.2. The highest BCUT2D eigenvalue weighted by molar-refractivity contribution is 8.12. The third-order valence-electron chi connectivity index (χ3n) is 1.17. The van der Waals surface area contributed by atoms with Gasteiger partial charge in [-0.3, -0.25) is 11.3 Å². The predicted molar refractivity (Wildman–Crippen MR) is 53.6 cm³/mol. The zero-order chi connectivity index (χ0) is 9.45. The van der Waals surface area contributed by atoms with Crippen LogP contribution < -0.4 is 11.3 Å². The van der Waals surface area contributed by atoms with Gasteiger partial charge in [0.1, 0.15) is 0 Å². The topological polar surface area (TPSA) is 72.2 Å². The third-order valence-corrected chi connectivity index (χ3v) is 4.79. The van der Waals surface area contributed by atoms with E-state index in [9.17, 15) is 8.42 Å². The molecule has 4 nitrogen and oxygen atoms in total. The fourth-order valence-electron chi connectivity index (χ4n) is 0.687. The van der Waals surface area contributed by atoms with E-state index in [0.717, 1.165) is 5.75 Å². The minimum atomic E-state index is -2.82. The average molecular weight is 212 g/mol. The Kier molecular flexibility index (Phi) is 6.83. The quantitative estimate of drug-likeness (QED) is 0.352. The average Bonchev–Trinajstić information content (AvgIpc) is 1.98. The lowest BCUT2D eigenvalue weighted by molar-refractivity contribution is 0.599. The van der Waals surface area contributed by atoms with Gasteiger partial charge >= 0.3 is 0 Å². The maximum atomic E-state index is 11.1. The first-order valence-corrected chi connectivity index (χ1v) is 6.81. The molecule has 0 aromatic carbocycles. The van der Waals surface area contributed by atoms with Gasteiger partial charge in [0.25, 0.3) is 0 Å². The molecule has 0 saturated heterocycles. The van der Waals surface area contributed by atoms with Crippen LogP contribution in [0.15, 0.2) is 0 Å². The van der Waals surface area contributed by atoms with E-state index in [0.29, 0.717) is 13.0 Å². The SMILES string of the molecule is CCCS(=O)(=O)CSCCNN. The fraction of sp³-hybridized carbons (Fsp3) is 1.00. The van der Waals surface area contributed by atoms with Crippen molar-refractivity contribution >= 4 is 21.6 Å². The van der Waals surface area contributed by atoms with Gasteiger partial charge in [-0.2, -0.15) is 0 Å². The molecule has 12 heavy (non-hydrogen) atoms. The summed E-state index contributed by atoms with van der Waals surface area (Å²) in [7, 11) is -2.82. The summed E-state index contributed by atoms with van der Waals surface area (Å²) in [6.45, 7) is 2.51. The molecule has 0 aliphatic rings. The van der Waals surface area contributed by atoms with E-state index in [1.54, 1.807) is 0 Å². The van der Waals surface area contributed by atoms with E-state index in [-0.39, 0.29) is 10.8 Å². The summed E-state index contributed by atoms with van der Waals surface area (Å²) in [6, 6.07) is 0. The van der Waals surface area contributed by atoms with Crippen LogP contribution in [-0.2, 0) is 9.84 Å². The maximum absolute atomic E-state index is 11.1. The Morgan fingerprint density at radius 1 is 1.50 bits per heavy atom. The van der Waals surface area contributed by atoms with Crippen LogP contribution in [0.5, 0.6) is 0 Å². The zero-order valence-electron chi connectivity index (χ0n) is 7.25. The molecule has 0 spiro atoms. The van der Waals surface area contributed by atoms with E-state index in [2.05, 4.69) is 5.43 Å². The molecule has 3 N–H and O–H groups in total. The van der Waals surface area contributed by atoms with Crippen molar-refractivity contribution < 1.29 is 8.42 Å². The van der Waals surface area contributed by atoms with Gasteiger partial charge in [-0.05, 0) is 6.42 Å². The van der Waals surface area contributed by atoms with E-state index in [1.807, 2.05) is 6.92 Å². The Labute approximate surface area is 78.2 Å². The van der Waals surface area contributed by atoms with Crippen molar-refractivity contribution in [3.05, 3.63) is 0 Å². The smallest absolute Gasteiger partial charge is 0.159 e. The summed E-state index contributed by atoms with van der Waals surface area (Å²) in [4.78, 5) is 0. The summed E-state index contributed by atoms with van der Waals surface area (Å²) in [6.07, 6.45) is 0.692. The lowest BCUT2D eigenvalue weighted by Gasteiger charge is -2.01. The first-order chi connectivity index (χ1) is 5.62. The van der Waals surface area contributed by atoms with Crippen LogP contribution in [0.3, 0.4) is 0 Å². The molecule has 74 valence electrons. The van der Waals surface area contributed by atoms with Crippen LogP contribution in [0.1, 0.15) is 13.3 Å². The number of thioether (sulfide) groups is 1. The highest BCUT2D eigenvalue weighted by atomic mass is 32.3. The predicted octanol–water partition coefficient (Wildman–Crippen LogP) is -0.0348. The number of hydrogen-bond acceptors (Lipinski definition) is 5. The molecule has 0 unspecified atom stereocenters. The molecule has 0 amide bonds. The highest BCUT2D eigenvalue weighted by Gasteiger charge is 2.07. The van der Waals surface area contributed by atoms with E-state index < -0.39 is 9.84 Å². The number of nitrogens with two attached hydrogens (primary N) is 1. The molecule has 0 bridgehead atoms. The molecule has 0 aromatic rings. The summed E-state index contributed by atoms with van der Waals surface area (Å²) >= 11 is 1.39. The van der Waals surface area contributed by atoms with Crippen LogP contribution in [0, 0.1) is 0 Å². The second-order valence-corrected chi connectivity index (χ2v) is 6.08. The van der Waals surface area contributed by atoms with Gasteiger partial charge in [0.15, 0.2) is 9.84 Å². The summed E-state index contributed by atoms with van der Waals surface area (Å²) in [5.74, 6) is 6.05. The Bertz CT molecular complexity index is 192. The zero-order valence-corrected chi connectivity index (χ0v) is 8.88. The fourth-order valence-corrected chi connectivity index (χ4v) is 3.53. The minimum absolute atomic E-state index is 0.211. The van der Waals surface area contributed by atoms with Gasteiger partial charge in [-0.15, -0.1) is 11.8 Å². The number of hydrazine groups is 1. The van der Waals surface area contributed by atoms with Crippen molar-refractivity contribution in [2.24, 2.45) is 5.84 Å². The Morgan fingerprint density at radius 3 is 2.67 bits per heavy atom. The second-order valence-electron chi connectivity index (χ2n) is 2.43. The van der Waals surface area contributed by atoms with Gasteiger partial charge in [-0.25, -0.2) is 8.42 Å². The Balaban J connectivity index is 3.48. The van der Waals surface area contributed by atoms with Crippen molar-refractivity contribution in [1.29, 1.82) is 0 Å². The number of hydrogen-bond donors (Lipinski definition) is 2. The van der Waals surface area contributed by atoms with Gasteiger partial charge in [0.05, 0.1) is 10.8 Å². The van der Waals surface area contributed by atoms with Crippen LogP contribution >= 0.6 is 11.8 Å². The molecule has 0 aliphatic carbocycles. The van der Waals surface area contributed by atoms with Crippen molar-refractivity contribution in [3.63, 3.8) is 0 Å². The van der Waals surface area contributed by atoms with E-state index >= 15 is 0 Å². The van der Waals surface area contributed by atoms with Crippen molar-refractivity contribution in [2.75, 3.05) is 23.1 Å². The molecule has 6 heteroatoms. The standard InChI is InChI=1S/C6H16N2O2S2/c1-2-5-12(9,10)6-11-4-3-8-7/h8H,2-7H2,1H3. The third kappa shape index (κ3) is 6.90. The highest BCUT2D eigenvalue weighted by Crippen LogP contribution is 2.05. The van der Waals surface area contributed by atoms with Crippen molar-refractivity contribution in [2.45, 2.75) is 13.3 Å². The normalized spacial score (nSPS) is 11.8. The summed E-state index contributed by atoms with van der Waals surface area (Å²) in [5, 5.41) is 0.211. The number of nitrogens with one attached hydrogen (secondary N) is 1. The van der Waals surface area contributed by atoms with E-state index in [4.69, 9.17) is 5.84 Å². The Hall–Kier alpha value is 0.220. The van der Waals surface area contributed by atoms with Gasteiger partial charge in [0, 0.05) is 12.3 Å². The molecular formula is C6H16N2O2S2. The maximum Gasteiger partial charge on any atom is 0.159 e.